The van der Waals surface area contributed by atoms with Crippen LogP contribution in [0, 0.1) is 0 Å². The van der Waals surface area contributed by atoms with Crippen LogP contribution in [0.2, 0.25) is 5.02 Å². The molecule has 2 nitrogen and oxygen atoms in total. The van der Waals surface area contributed by atoms with Crippen molar-refractivity contribution in [2.75, 3.05) is 6.54 Å². The van der Waals surface area contributed by atoms with Crippen LogP contribution in [0.4, 0.5) is 0 Å². The third kappa shape index (κ3) is 2.44. The van der Waals surface area contributed by atoms with Gasteiger partial charge >= 0.3 is 0 Å². The number of benzene rings is 2. The molecule has 2 aromatic rings. The second-order valence-corrected chi connectivity index (χ2v) is 5.56. The van der Waals surface area contributed by atoms with Crippen molar-refractivity contribution in [3.8, 4) is 0 Å². The van der Waals surface area contributed by atoms with E-state index < -0.39 is 0 Å². The number of aryl methyl sites for hydroxylation is 2. The second kappa shape index (κ2) is 5.68. The van der Waals surface area contributed by atoms with E-state index in [1.165, 1.54) is 22.3 Å². The molecule has 0 saturated heterocycles. The number of hydrogen-bond donors (Lipinski definition) is 1. The highest BCUT2D eigenvalue weighted by Crippen LogP contribution is 2.35. The summed E-state index contributed by atoms with van der Waals surface area (Å²) >= 11 is 6.17. The van der Waals surface area contributed by atoms with Crippen molar-refractivity contribution in [3.63, 3.8) is 0 Å². The number of carbonyl (C=O) groups excluding carboxylic acids is 1. The van der Waals surface area contributed by atoms with Crippen molar-refractivity contribution >= 4 is 18.0 Å². The van der Waals surface area contributed by atoms with Crippen molar-refractivity contribution < 1.29 is 4.79 Å². The van der Waals surface area contributed by atoms with E-state index in [0.29, 0.717) is 6.54 Å². The standard InChI is InChI=1S/C17H16ClNO/c18-14-8-7-13-6-5-12-3-1-2-4-15(12)17(10-19-11-20)16(13)9-14/h1-4,7-9,11,17H,5-6,10H2,(H,19,20)/t17-/m1/s1. The first-order valence-corrected chi connectivity index (χ1v) is 7.20. The molecule has 3 rings (SSSR count). The predicted molar refractivity (Wildman–Crippen MR) is 81.2 cm³/mol. The Bertz CT molecular complexity index is 639. The van der Waals surface area contributed by atoms with Gasteiger partial charge in [-0.1, -0.05) is 41.9 Å². The van der Waals surface area contributed by atoms with Gasteiger partial charge in [0.05, 0.1) is 0 Å². The number of hydrogen-bond acceptors (Lipinski definition) is 1. The second-order valence-electron chi connectivity index (χ2n) is 5.12. The van der Waals surface area contributed by atoms with Gasteiger partial charge in [-0.15, -0.1) is 0 Å². The van der Waals surface area contributed by atoms with Crippen LogP contribution in [0.25, 0.3) is 0 Å². The Hall–Kier alpha value is -1.80. The fraction of sp³-hybridized carbons (Fsp3) is 0.235. The Kier molecular flexibility index (Phi) is 3.75. The van der Waals surface area contributed by atoms with Crippen molar-refractivity contribution in [3.05, 3.63) is 69.7 Å². The van der Waals surface area contributed by atoms with Gasteiger partial charge in [-0.2, -0.15) is 0 Å². The summed E-state index contributed by atoms with van der Waals surface area (Å²) in [6.07, 6.45) is 2.81. The molecule has 1 aliphatic carbocycles. The molecule has 20 heavy (non-hydrogen) atoms. The maximum absolute atomic E-state index is 10.7. The van der Waals surface area contributed by atoms with Gasteiger partial charge in [-0.25, -0.2) is 0 Å². The van der Waals surface area contributed by atoms with E-state index in [1.54, 1.807) is 0 Å². The normalized spacial score (nSPS) is 16.8. The van der Waals surface area contributed by atoms with Gasteiger partial charge < -0.3 is 5.32 Å². The molecule has 1 N–H and O–H groups in total. The zero-order valence-electron chi connectivity index (χ0n) is 11.1. The number of carbonyl (C=O) groups is 1. The van der Waals surface area contributed by atoms with Crippen LogP contribution >= 0.6 is 11.6 Å². The van der Waals surface area contributed by atoms with Crippen molar-refractivity contribution in [2.45, 2.75) is 18.8 Å². The molecule has 102 valence electrons. The smallest absolute Gasteiger partial charge is 0.207 e. The third-order valence-corrected chi connectivity index (χ3v) is 4.22. The lowest BCUT2D eigenvalue weighted by atomic mass is 9.88. The maximum atomic E-state index is 10.7. The van der Waals surface area contributed by atoms with Gasteiger partial charge in [-0.3, -0.25) is 4.79 Å². The summed E-state index contributed by atoms with van der Waals surface area (Å²) in [4.78, 5) is 10.7. The Morgan fingerprint density at radius 1 is 1.10 bits per heavy atom. The molecular weight excluding hydrogens is 270 g/mol. The number of fused-ring (bicyclic) bond motifs is 2. The Morgan fingerprint density at radius 2 is 1.85 bits per heavy atom. The molecule has 0 heterocycles. The Labute approximate surface area is 123 Å². The minimum atomic E-state index is 0.174. The van der Waals surface area contributed by atoms with E-state index in [9.17, 15) is 4.79 Å². The maximum Gasteiger partial charge on any atom is 0.207 e. The van der Waals surface area contributed by atoms with E-state index in [4.69, 9.17) is 11.6 Å². The monoisotopic (exact) mass is 285 g/mol. The Morgan fingerprint density at radius 3 is 2.65 bits per heavy atom. The van der Waals surface area contributed by atoms with E-state index in [1.807, 2.05) is 12.1 Å². The average Bonchev–Trinajstić information content (AvgIpc) is 2.62. The zero-order chi connectivity index (χ0) is 13.9. The first-order valence-electron chi connectivity index (χ1n) is 6.83. The summed E-state index contributed by atoms with van der Waals surface area (Å²) in [5, 5.41) is 3.57. The SMILES string of the molecule is O=CNC[C@@H]1c2ccccc2CCc2ccc(Cl)cc21. The quantitative estimate of drug-likeness (QED) is 0.861. The summed E-state index contributed by atoms with van der Waals surface area (Å²) in [7, 11) is 0. The molecule has 0 spiro atoms. The topological polar surface area (TPSA) is 29.1 Å². The molecule has 0 unspecified atom stereocenters. The minimum Gasteiger partial charge on any atom is -0.358 e. The molecule has 3 heteroatoms. The highest BCUT2D eigenvalue weighted by atomic mass is 35.5. The van der Waals surface area contributed by atoms with Gasteiger partial charge in [0.2, 0.25) is 6.41 Å². The van der Waals surface area contributed by atoms with Crippen LogP contribution in [0.3, 0.4) is 0 Å². The van der Waals surface area contributed by atoms with E-state index in [2.05, 4.69) is 35.6 Å². The first kappa shape index (κ1) is 13.2. The van der Waals surface area contributed by atoms with Crippen LogP contribution in [-0.4, -0.2) is 13.0 Å². The molecule has 1 amide bonds. The lowest BCUT2D eigenvalue weighted by molar-refractivity contribution is -0.109. The van der Waals surface area contributed by atoms with E-state index in [-0.39, 0.29) is 5.92 Å². The van der Waals surface area contributed by atoms with Crippen LogP contribution in [0.1, 0.15) is 28.2 Å². The van der Waals surface area contributed by atoms with Crippen molar-refractivity contribution in [1.82, 2.24) is 5.32 Å². The molecule has 0 radical (unpaired) electrons. The minimum absolute atomic E-state index is 0.174. The molecule has 0 aliphatic heterocycles. The van der Waals surface area contributed by atoms with Gasteiger partial charge in [0.15, 0.2) is 0 Å². The van der Waals surface area contributed by atoms with Crippen LogP contribution in [-0.2, 0) is 17.6 Å². The Balaban J connectivity index is 2.13. The first-order chi connectivity index (χ1) is 9.79. The zero-order valence-corrected chi connectivity index (χ0v) is 11.9. The largest absolute Gasteiger partial charge is 0.358 e. The fourth-order valence-electron chi connectivity index (χ4n) is 3.04. The van der Waals surface area contributed by atoms with Crippen LogP contribution in [0.15, 0.2) is 42.5 Å². The summed E-state index contributed by atoms with van der Waals surface area (Å²) in [5.41, 5.74) is 5.21. The predicted octanol–water partition coefficient (Wildman–Crippen LogP) is 3.32. The highest BCUT2D eigenvalue weighted by molar-refractivity contribution is 6.30. The molecule has 1 atom stereocenters. The highest BCUT2D eigenvalue weighted by Gasteiger charge is 2.23. The van der Waals surface area contributed by atoms with Crippen LogP contribution < -0.4 is 5.32 Å². The number of amides is 1. The van der Waals surface area contributed by atoms with Crippen molar-refractivity contribution in [2.24, 2.45) is 0 Å². The van der Waals surface area contributed by atoms with Gasteiger partial charge in [-0.05, 0) is 47.2 Å². The molecular formula is C17H16ClNO. The third-order valence-electron chi connectivity index (χ3n) is 3.98. The van der Waals surface area contributed by atoms with E-state index in [0.717, 1.165) is 24.3 Å². The van der Waals surface area contributed by atoms with Crippen LogP contribution in [0.5, 0.6) is 0 Å². The van der Waals surface area contributed by atoms with Gasteiger partial charge in [0.1, 0.15) is 0 Å². The molecule has 1 aliphatic rings. The summed E-state index contributed by atoms with van der Waals surface area (Å²) in [6.45, 7) is 0.605. The number of nitrogens with one attached hydrogen (secondary N) is 1. The van der Waals surface area contributed by atoms with Gasteiger partial charge in [0, 0.05) is 17.5 Å². The fourth-order valence-corrected chi connectivity index (χ4v) is 3.22. The van der Waals surface area contributed by atoms with Gasteiger partial charge in [0.25, 0.3) is 0 Å². The number of rotatable bonds is 3. The van der Waals surface area contributed by atoms with E-state index >= 15 is 0 Å². The number of halogens is 1. The van der Waals surface area contributed by atoms with Crippen molar-refractivity contribution in [1.29, 1.82) is 0 Å². The lowest BCUT2D eigenvalue weighted by Crippen LogP contribution is -2.21. The summed E-state index contributed by atoms with van der Waals surface area (Å²) < 4.78 is 0. The average molecular weight is 286 g/mol. The molecule has 0 bridgehead atoms. The summed E-state index contributed by atoms with van der Waals surface area (Å²) in [5.74, 6) is 0.174. The molecule has 0 saturated carbocycles. The molecule has 0 aromatic heterocycles. The summed E-state index contributed by atoms with van der Waals surface area (Å²) in [6, 6.07) is 14.6. The molecule has 0 fully saturated rings. The molecule has 2 aromatic carbocycles. The lowest BCUT2D eigenvalue weighted by Gasteiger charge is -2.20.